The first-order valence-electron chi connectivity index (χ1n) is 9.17. The molecule has 0 N–H and O–H groups in total. The maximum Gasteiger partial charge on any atom is 0.254 e. The zero-order valence-corrected chi connectivity index (χ0v) is 15.2. The molecular weight excluding hydrogens is 353 g/mol. The second kappa shape index (κ2) is 7.64. The highest BCUT2D eigenvalue weighted by atomic mass is 19.1. The predicted octanol–water partition coefficient (Wildman–Crippen LogP) is 2.43. The first kappa shape index (κ1) is 17.9. The Balaban J connectivity index is 1.26. The second-order valence-corrected chi connectivity index (χ2v) is 7.07. The molecule has 2 aromatic rings. The van der Waals surface area contributed by atoms with E-state index in [1.54, 1.807) is 11.0 Å². The van der Waals surface area contributed by atoms with Crippen LogP contribution in [-0.2, 0) is 11.2 Å². The average molecular weight is 375 g/mol. The minimum absolute atomic E-state index is 0.0191. The highest BCUT2D eigenvalue weighted by Gasteiger charge is 2.36. The molecule has 1 aliphatic carbocycles. The normalized spacial score (nSPS) is 17.0. The van der Waals surface area contributed by atoms with Crippen molar-refractivity contribution >= 4 is 5.91 Å². The fourth-order valence-electron chi connectivity index (χ4n) is 3.02. The Hall–Kier alpha value is -2.48. The number of carbonyl (C=O) groups is 1. The lowest BCUT2D eigenvalue weighted by atomic mass is 9.98. The van der Waals surface area contributed by atoms with Crippen LogP contribution in [-0.4, -0.2) is 54.4 Å². The Morgan fingerprint density at radius 1 is 1.37 bits per heavy atom. The van der Waals surface area contributed by atoms with E-state index < -0.39 is 5.82 Å². The van der Waals surface area contributed by atoms with Gasteiger partial charge in [0.05, 0.1) is 19.6 Å². The summed E-state index contributed by atoms with van der Waals surface area (Å²) < 4.78 is 29.5. The Labute approximate surface area is 156 Å². The molecule has 0 radical (unpaired) electrons. The lowest BCUT2D eigenvalue weighted by molar-refractivity contribution is 0.0568. The van der Waals surface area contributed by atoms with Crippen LogP contribution in [0.2, 0.25) is 0 Å². The second-order valence-electron chi connectivity index (χ2n) is 7.07. The number of nitrogens with zero attached hydrogens (tertiary/aromatic N) is 3. The molecule has 0 bridgehead atoms. The van der Waals surface area contributed by atoms with Gasteiger partial charge in [0.15, 0.2) is 17.4 Å². The Kier molecular flexibility index (Phi) is 5.07. The topological polar surface area (TPSA) is 77.7 Å². The molecule has 2 aliphatic rings. The Morgan fingerprint density at radius 2 is 2.19 bits per heavy atom. The molecule has 1 aromatic carbocycles. The van der Waals surface area contributed by atoms with Crippen LogP contribution in [0.1, 0.15) is 40.8 Å². The summed E-state index contributed by atoms with van der Waals surface area (Å²) in [6, 6.07) is 4.21. The SMILES string of the molecule is COc1ccc(C(=O)N2CC(c3nc(CCOCC4CC4)no3)C2)cc1F. The van der Waals surface area contributed by atoms with E-state index in [1.807, 2.05) is 0 Å². The largest absolute Gasteiger partial charge is 0.494 e. The number of likely N-dealkylation sites (tertiary alicyclic amines) is 1. The standard InChI is InChI=1S/C19H22FN3O4/c1-25-16-5-4-13(8-15(16)20)19(24)23-9-14(10-23)18-21-17(22-27-18)6-7-26-11-12-2-3-12/h4-5,8,12,14H,2-3,6-7,9-11H2,1H3. The van der Waals surface area contributed by atoms with E-state index in [1.165, 1.54) is 32.1 Å². The number of hydrogen-bond acceptors (Lipinski definition) is 6. The zero-order valence-electron chi connectivity index (χ0n) is 15.2. The summed E-state index contributed by atoms with van der Waals surface area (Å²) in [5, 5.41) is 3.98. The molecule has 1 amide bonds. The summed E-state index contributed by atoms with van der Waals surface area (Å²) in [7, 11) is 1.39. The van der Waals surface area contributed by atoms with Gasteiger partial charge in [0.1, 0.15) is 0 Å². The number of ether oxygens (including phenoxy) is 2. The third-order valence-electron chi connectivity index (χ3n) is 4.92. The average Bonchev–Trinajstić information content (AvgIpc) is 3.35. The maximum absolute atomic E-state index is 13.8. The summed E-state index contributed by atoms with van der Waals surface area (Å²) >= 11 is 0. The van der Waals surface area contributed by atoms with Crippen LogP contribution in [0.4, 0.5) is 4.39 Å². The number of methoxy groups -OCH3 is 1. The molecule has 144 valence electrons. The van der Waals surface area contributed by atoms with E-state index in [0.29, 0.717) is 43.4 Å². The van der Waals surface area contributed by atoms with Gasteiger partial charge in [-0.3, -0.25) is 4.79 Å². The van der Waals surface area contributed by atoms with Crippen molar-refractivity contribution in [2.24, 2.45) is 5.92 Å². The van der Waals surface area contributed by atoms with Crippen LogP contribution in [0.3, 0.4) is 0 Å². The molecule has 8 heteroatoms. The van der Waals surface area contributed by atoms with Crippen LogP contribution >= 0.6 is 0 Å². The molecule has 1 saturated heterocycles. The van der Waals surface area contributed by atoms with Crippen molar-refractivity contribution in [2.75, 3.05) is 33.4 Å². The van der Waals surface area contributed by atoms with Gasteiger partial charge in [-0.2, -0.15) is 4.98 Å². The van der Waals surface area contributed by atoms with Gasteiger partial charge in [0.25, 0.3) is 5.91 Å². The fraction of sp³-hybridized carbons (Fsp3) is 0.526. The number of aromatic nitrogens is 2. The molecular formula is C19H22FN3O4. The lowest BCUT2D eigenvalue weighted by Crippen LogP contribution is -2.48. The summed E-state index contributed by atoms with van der Waals surface area (Å²) in [6.45, 7) is 2.36. The van der Waals surface area contributed by atoms with Gasteiger partial charge in [-0.15, -0.1) is 0 Å². The van der Waals surface area contributed by atoms with Crippen molar-refractivity contribution in [1.82, 2.24) is 15.0 Å². The first-order chi connectivity index (χ1) is 13.1. The number of carbonyl (C=O) groups excluding carboxylic acids is 1. The van der Waals surface area contributed by atoms with E-state index in [9.17, 15) is 9.18 Å². The molecule has 1 aromatic heterocycles. The monoisotopic (exact) mass is 375 g/mol. The fourth-order valence-corrected chi connectivity index (χ4v) is 3.02. The highest BCUT2D eigenvalue weighted by molar-refractivity contribution is 5.95. The van der Waals surface area contributed by atoms with Crippen LogP contribution in [0, 0.1) is 11.7 Å². The van der Waals surface area contributed by atoms with E-state index in [-0.39, 0.29) is 17.6 Å². The van der Waals surface area contributed by atoms with Crippen molar-refractivity contribution in [1.29, 1.82) is 0 Å². The van der Waals surface area contributed by atoms with Crippen molar-refractivity contribution < 1.29 is 23.2 Å². The van der Waals surface area contributed by atoms with Gasteiger partial charge in [-0.1, -0.05) is 5.16 Å². The number of amides is 1. The van der Waals surface area contributed by atoms with E-state index in [2.05, 4.69) is 10.1 Å². The summed E-state index contributed by atoms with van der Waals surface area (Å²) in [5.41, 5.74) is 0.297. The third-order valence-corrected chi connectivity index (χ3v) is 4.92. The Bertz CT molecular complexity index is 815. The zero-order chi connectivity index (χ0) is 18.8. The van der Waals surface area contributed by atoms with E-state index in [0.717, 1.165) is 12.5 Å². The number of halogens is 1. The predicted molar refractivity (Wildman–Crippen MR) is 93.1 cm³/mol. The van der Waals surface area contributed by atoms with Crippen molar-refractivity contribution in [3.05, 3.63) is 41.3 Å². The number of benzene rings is 1. The van der Waals surface area contributed by atoms with Gasteiger partial charge in [0, 0.05) is 31.7 Å². The molecule has 0 unspecified atom stereocenters. The van der Waals surface area contributed by atoms with Crippen LogP contribution in [0.5, 0.6) is 5.75 Å². The van der Waals surface area contributed by atoms with Crippen molar-refractivity contribution in [2.45, 2.75) is 25.2 Å². The first-order valence-corrected chi connectivity index (χ1v) is 9.17. The maximum atomic E-state index is 13.8. The molecule has 2 fully saturated rings. The van der Waals surface area contributed by atoms with E-state index >= 15 is 0 Å². The van der Waals surface area contributed by atoms with Crippen LogP contribution in [0.15, 0.2) is 22.7 Å². The summed E-state index contributed by atoms with van der Waals surface area (Å²) in [4.78, 5) is 18.5. The molecule has 0 atom stereocenters. The Morgan fingerprint density at radius 3 is 2.89 bits per heavy atom. The summed E-state index contributed by atoms with van der Waals surface area (Å²) in [5.74, 6) is 1.27. The third kappa shape index (κ3) is 4.10. The molecule has 27 heavy (non-hydrogen) atoms. The van der Waals surface area contributed by atoms with Crippen LogP contribution < -0.4 is 4.74 Å². The van der Waals surface area contributed by atoms with Crippen LogP contribution in [0.25, 0.3) is 0 Å². The van der Waals surface area contributed by atoms with Gasteiger partial charge in [0.2, 0.25) is 5.89 Å². The molecule has 1 saturated carbocycles. The smallest absolute Gasteiger partial charge is 0.254 e. The highest BCUT2D eigenvalue weighted by Crippen LogP contribution is 2.29. The number of hydrogen-bond donors (Lipinski definition) is 0. The van der Waals surface area contributed by atoms with Gasteiger partial charge < -0.3 is 18.9 Å². The van der Waals surface area contributed by atoms with Gasteiger partial charge >= 0.3 is 0 Å². The molecule has 4 rings (SSSR count). The molecule has 0 spiro atoms. The number of rotatable bonds is 8. The quantitative estimate of drug-likeness (QED) is 0.660. The van der Waals surface area contributed by atoms with E-state index in [4.69, 9.17) is 14.0 Å². The molecule has 7 nitrogen and oxygen atoms in total. The summed E-state index contributed by atoms with van der Waals surface area (Å²) in [6.07, 6.45) is 3.16. The van der Waals surface area contributed by atoms with Gasteiger partial charge in [-0.05, 0) is 37.0 Å². The molecule has 1 aliphatic heterocycles. The minimum Gasteiger partial charge on any atom is -0.494 e. The van der Waals surface area contributed by atoms with Crippen molar-refractivity contribution in [3.8, 4) is 5.75 Å². The lowest BCUT2D eigenvalue weighted by Gasteiger charge is -2.37. The minimum atomic E-state index is -0.550. The molecule has 2 heterocycles. The van der Waals surface area contributed by atoms with Crippen molar-refractivity contribution in [3.63, 3.8) is 0 Å². The van der Waals surface area contributed by atoms with Gasteiger partial charge in [-0.25, -0.2) is 4.39 Å².